The Morgan fingerprint density at radius 3 is 2.67 bits per heavy atom. The third kappa shape index (κ3) is 6.43. The Balaban J connectivity index is 1.70. The summed E-state index contributed by atoms with van der Waals surface area (Å²) in [5, 5.41) is 7.12. The first-order valence-corrected chi connectivity index (χ1v) is 14.7. The molecule has 39 heavy (non-hydrogen) atoms. The number of amides is 1. The Labute approximate surface area is 229 Å². The van der Waals surface area contributed by atoms with Crippen LogP contribution in [0.15, 0.2) is 48.7 Å². The maximum Gasteiger partial charge on any atom is 0.293 e. The molecule has 3 aromatic rings. The van der Waals surface area contributed by atoms with Crippen LogP contribution in [0.25, 0.3) is 10.9 Å². The topological polar surface area (TPSA) is 119 Å². The zero-order valence-corrected chi connectivity index (χ0v) is 23.4. The summed E-state index contributed by atoms with van der Waals surface area (Å²) >= 11 is 0. The maximum absolute atomic E-state index is 13.8. The highest BCUT2D eigenvalue weighted by molar-refractivity contribution is 7.92. The maximum atomic E-state index is 13.8. The zero-order chi connectivity index (χ0) is 28.0. The molecule has 0 fully saturated rings. The van der Waals surface area contributed by atoms with E-state index in [0.717, 1.165) is 28.5 Å². The number of aryl methyl sites for hydroxylation is 2. The van der Waals surface area contributed by atoms with Crippen LogP contribution in [0.1, 0.15) is 28.4 Å². The van der Waals surface area contributed by atoms with Gasteiger partial charge < -0.3 is 24.7 Å². The Hall–Kier alpha value is -3.41. The van der Waals surface area contributed by atoms with E-state index in [4.69, 9.17) is 9.47 Å². The van der Waals surface area contributed by atoms with Crippen molar-refractivity contribution in [3.05, 3.63) is 65.4 Å². The first-order valence-electron chi connectivity index (χ1n) is 13.0. The number of hydrogen-bond acceptors (Lipinski definition) is 7. The van der Waals surface area contributed by atoms with Gasteiger partial charge in [0.05, 0.1) is 29.6 Å². The van der Waals surface area contributed by atoms with Gasteiger partial charge in [-0.05, 0) is 36.1 Å². The van der Waals surface area contributed by atoms with Gasteiger partial charge in [-0.25, -0.2) is 8.42 Å². The molecule has 2 atom stereocenters. The lowest BCUT2D eigenvalue weighted by atomic mass is 9.99. The highest BCUT2D eigenvalue weighted by atomic mass is 32.2. The Bertz CT molecular complexity index is 1410. The predicted molar refractivity (Wildman–Crippen MR) is 151 cm³/mol. The van der Waals surface area contributed by atoms with Crippen LogP contribution in [0.5, 0.6) is 0 Å². The van der Waals surface area contributed by atoms with E-state index in [0.29, 0.717) is 50.4 Å². The fourth-order valence-electron chi connectivity index (χ4n) is 4.99. The van der Waals surface area contributed by atoms with Gasteiger partial charge in [-0.15, -0.1) is 0 Å². The lowest BCUT2D eigenvalue weighted by Gasteiger charge is -2.27. The van der Waals surface area contributed by atoms with Crippen molar-refractivity contribution in [3.8, 4) is 0 Å². The molecule has 11 heteroatoms. The number of carbonyl (C=O) groups is 2. The Morgan fingerprint density at radius 1 is 1.21 bits per heavy atom. The molecule has 1 aromatic heterocycles. The van der Waals surface area contributed by atoms with Crippen molar-refractivity contribution < 1.29 is 27.5 Å². The predicted octanol–water partition coefficient (Wildman–Crippen LogP) is 2.10. The fourth-order valence-corrected chi connectivity index (χ4v) is 6.13. The Kier molecular flexibility index (Phi) is 9.26. The summed E-state index contributed by atoms with van der Waals surface area (Å²) < 4.78 is 39.5. The standard InChI is InChI=1S/C28H36N4O6S/c1-4-21-18-32-11-13-39(35,36)31(2)25-16-22(15-23(21)27(25)32)28(34)30-24(14-20-8-6-5-7-9-20)26(38-19-33)17-29-10-12-37-3/h5-9,15-16,18-19,24,26,29H,4,10-14,17H2,1-3H3,(H,30,34)/t24-,26+/m0/s1. The van der Waals surface area contributed by atoms with Gasteiger partial charge in [0, 0.05) is 50.9 Å². The smallest absolute Gasteiger partial charge is 0.293 e. The fraction of sp³-hybridized carbons (Fsp3) is 0.429. The van der Waals surface area contributed by atoms with Crippen LogP contribution in [-0.2, 0) is 43.7 Å². The summed E-state index contributed by atoms with van der Waals surface area (Å²) in [6.07, 6.45) is 2.49. The van der Waals surface area contributed by atoms with Crippen LogP contribution >= 0.6 is 0 Å². The molecule has 0 aliphatic carbocycles. The zero-order valence-electron chi connectivity index (χ0n) is 22.6. The summed E-state index contributed by atoms with van der Waals surface area (Å²) in [5.74, 6) is -0.401. The van der Waals surface area contributed by atoms with Crippen molar-refractivity contribution in [1.29, 1.82) is 0 Å². The minimum Gasteiger partial charge on any atom is -0.461 e. The summed E-state index contributed by atoms with van der Waals surface area (Å²) in [7, 11) is -0.411. The molecule has 4 rings (SSSR count). The monoisotopic (exact) mass is 556 g/mol. The van der Waals surface area contributed by atoms with Gasteiger partial charge in [-0.2, -0.15) is 0 Å². The van der Waals surface area contributed by atoms with Crippen LogP contribution in [-0.4, -0.2) is 77.1 Å². The van der Waals surface area contributed by atoms with E-state index in [1.807, 2.05) is 54.1 Å². The number of carbonyl (C=O) groups excluding carboxylic acids is 2. The van der Waals surface area contributed by atoms with E-state index >= 15 is 0 Å². The summed E-state index contributed by atoms with van der Waals surface area (Å²) in [6.45, 7) is 4.13. The van der Waals surface area contributed by atoms with Gasteiger partial charge in [-0.3, -0.25) is 13.9 Å². The minimum atomic E-state index is -3.54. The minimum absolute atomic E-state index is 0.0213. The number of nitrogens with zero attached hydrogens (tertiary/aromatic N) is 2. The molecule has 1 amide bonds. The van der Waals surface area contributed by atoms with E-state index in [9.17, 15) is 18.0 Å². The number of hydrogen-bond donors (Lipinski definition) is 2. The molecule has 0 saturated heterocycles. The van der Waals surface area contributed by atoms with Crippen LogP contribution in [0.4, 0.5) is 5.69 Å². The normalized spacial score (nSPS) is 15.9. The van der Waals surface area contributed by atoms with Crippen molar-refractivity contribution >= 4 is 39.0 Å². The number of benzene rings is 2. The third-order valence-corrected chi connectivity index (χ3v) is 8.88. The van der Waals surface area contributed by atoms with E-state index in [1.165, 1.54) is 11.4 Å². The molecule has 210 valence electrons. The molecule has 10 nitrogen and oxygen atoms in total. The molecule has 0 unspecified atom stereocenters. The van der Waals surface area contributed by atoms with Crippen LogP contribution in [0.3, 0.4) is 0 Å². The number of nitrogens with one attached hydrogen (secondary N) is 2. The molecular weight excluding hydrogens is 520 g/mol. The number of methoxy groups -OCH3 is 1. The first kappa shape index (κ1) is 28.6. The van der Waals surface area contributed by atoms with Crippen LogP contribution in [0, 0.1) is 0 Å². The first-order chi connectivity index (χ1) is 18.8. The molecule has 0 radical (unpaired) electrons. The van der Waals surface area contributed by atoms with E-state index in [1.54, 1.807) is 13.2 Å². The molecule has 2 aromatic carbocycles. The highest BCUT2D eigenvalue weighted by Gasteiger charge is 2.30. The van der Waals surface area contributed by atoms with Crippen molar-refractivity contribution in [1.82, 2.24) is 15.2 Å². The second-order valence-corrected chi connectivity index (χ2v) is 11.7. The van der Waals surface area contributed by atoms with E-state index in [-0.39, 0.29) is 11.7 Å². The van der Waals surface area contributed by atoms with Gasteiger partial charge in [0.2, 0.25) is 10.0 Å². The number of sulfonamides is 1. The highest BCUT2D eigenvalue weighted by Crippen LogP contribution is 2.35. The lowest BCUT2D eigenvalue weighted by molar-refractivity contribution is -0.134. The van der Waals surface area contributed by atoms with Crippen molar-refractivity contribution in [2.45, 2.75) is 38.5 Å². The summed E-state index contributed by atoms with van der Waals surface area (Å²) in [4.78, 5) is 25.2. The van der Waals surface area contributed by atoms with E-state index < -0.39 is 22.2 Å². The lowest BCUT2D eigenvalue weighted by Crippen LogP contribution is -2.50. The second kappa shape index (κ2) is 12.6. The van der Waals surface area contributed by atoms with Gasteiger partial charge in [0.15, 0.2) is 0 Å². The SMILES string of the molecule is CCc1cn2c3c(cc(C(=O)N[C@@H](Cc4ccccc4)[C@@H](CNCCOC)OC=O)cc13)N(C)S(=O)(=O)CC2. The van der Waals surface area contributed by atoms with Gasteiger partial charge in [0.1, 0.15) is 6.10 Å². The van der Waals surface area contributed by atoms with Crippen LogP contribution in [0.2, 0.25) is 0 Å². The van der Waals surface area contributed by atoms with E-state index in [2.05, 4.69) is 10.6 Å². The number of rotatable bonds is 13. The molecule has 0 bridgehead atoms. The van der Waals surface area contributed by atoms with Crippen LogP contribution < -0.4 is 14.9 Å². The van der Waals surface area contributed by atoms with Crippen molar-refractivity contribution in [2.24, 2.45) is 0 Å². The summed E-state index contributed by atoms with van der Waals surface area (Å²) in [5.41, 5.74) is 3.62. The molecule has 2 heterocycles. The summed E-state index contributed by atoms with van der Waals surface area (Å²) in [6, 6.07) is 12.5. The van der Waals surface area contributed by atoms with Gasteiger partial charge >= 0.3 is 0 Å². The average Bonchev–Trinajstić information content (AvgIpc) is 3.26. The quantitative estimate of drug-likeness (QED) is 0.245. The van der Waals surface area contributed by atoms with Gasteiger partial charge in [0.25, 0.3) is 12.4 Å². The molecule has 0 spiro atoms. The van der Waals surface area contributed by atoms with Crippen molar-refractivity contribution in [3.63, 3.8) is 0 Å². The molecule has 2 N–H and O–H groups in total. The molecular formula is C28H36N4O6S. The number of aromatic nitrogens is 1. The van der Waals surface area contributed by atoms with Gasteiger partial charge in [-0.1, -0.05) is 37.3 Å². The average molecular weight is 557 g/mol. The van der Waals surface area contributed by atoms with Crippen molar-refractivity contribution in [2.75, 3.05) is 43.9 Å². The Morgan fingerprint density at radius 2 is 1.97 bits per heavy atom. The third-order valence-electron chi connectivity index (χ3n) is 7.15. The second-order valence-electron chi connectivity index (χ2n) is 9.61. The molecule has 1 aliphatic rings. The number of anilines is 1. The number of ether oxygens (including phenoxy) is 2. The largest absolute Gasteiger partial charge is 0.461 e. The molecule has 0 saturated carbocycles. The molecule has 1 aliphatic heterocycles.